The Kier molecular flexibility index (Phi) is 9.94. The second kappa shape index (κ2) is 10.8. The molecule has 0 aliphatic rings. The van der Waals surface area contributed by atoms with Crippen LogP contribution in [0.15, 0.2) is 0 Å². The standard InChI is InChI=1S/C12H20N2O8S/c1-3-21-11(17)10(12(18)22-4-2)14(9(16)7-13)8(15)5-6-23(19)20/h10H,3-7,13H2,1-2H3,(H,19,20). The van der Waals surface area contributed by atoms with Gasteiger partial charge in [-0.05, 0) is 13.8 Å². The lowest BCUT2D eigenvalue weighted by Crippen LogP contribution is -2.55. The monoisotopic (exact) mass is 352 g/mol. The van der Waals surface area contributed by atoms with E-state index in [4.69, 9.17) is 10.3 Å². The molecule has 0 saturated heterocycles. The summed E-state index contributed by atoms with van der Waals surface area (Å²) < 4.78 is 28.7. The number of nitrogens with two attached hydrogens (primary N) is 1. The van der Waals surface area contributed by atoms with Crippen molar-refractivity contribution in [2.24, 2.45) is 5.73 Å². The van der Waals surface area contributed by atoms with Gasteiger partial charge in [-0.1, -0.05) is 0 Å². The van der Waals surface area contributed by atoms with Crippen molar-refractivity contribution in [2.45, 2.75) is 26.3 Å². The lowest BCUT2D eigenvalue weighted by molar-refractivity contribution is -0.171. The van der Waals surface area contributed by atoms with Gasteiger partial charge in [-0.25, -0.2) is 13.8 Å². The van der Waals surface area contributed by atoms with E-state index in [1.165, 1.54) is 13.8 Å². The van der Waals surface area contributed by atoms with Crippen molar-refractivity contribution in [1.29, 1.82) is 0 Å². The fraction of sp³-hybridized carbons (Fsp3) is 0.667. The second-order valence-electron chi connectivity index (χ2n) is 4.04. The summed E-state index contributed by atoms with van der Waals surface area (Å²) in [5.74, 6) is -4.78. The van der Waals surface area contributed by atoms with Gasteiger partial charge in [0.05, 0.1) is 25.5 Å². The Morgan fingerprint density at radius 3 is 1.91 bits per heavy atom. The van der Waals surface area contributed by atoms with E-state index in [1.807, 2.05) is 0 Å². The van der Waals surface area contributed by atoms with Crippen molar-refractivity contribution in [3.8, 4) is 0 Å². The topological polar surface area (TPSA) is 153 Å². The summed E-state index contributed by atoms with van der Waals surface area (Å²) in [5, 5.41) is 0. The highest BCUT2D eigenvalue weighted by Crippen LogP contribution is 2.09. The number of rotatable bonds is 9. The molecule has 3 N–H and O–H groups in total. The third-order valence-corrected chi connectivity index (χ3v) is 3.03. The number of esters is 2. The molecule has 23 heavy (non-hydrogen) atoms. The maximum Gasteiger partial charge on any atom is 0.341 e. The first-order valence-corrected chi connectivity index (χ1v) is 8.03. The van der Waals surface area contributed by atoms with Crippen LogP contribution in [0.1, 0.15) is 20.3 Å². The normalized spacial score (nSPS) is 11.7. The number of hydrogen-bond donors (Lipinski definition) is 2. The Morgan fingerprint density at radius 2 is 1.57 bits per heavy atom. The van der Waals surface area contributed by atoms with Gasteiger partial charge in [-0.15, -0.1) is 0 Å². The van der Waals surface area contributed by atoms with Crippen LogP contribution in [0.2, 0.25) is 0 Å². The zero-order valence-corrected chi connectivity index (χ0v) is 13.7. The van der Waals surface area contributed by atoms with E-state index in [0.717, 1.165) is 0 Å². The van der Waals surface area contributed by atoms with Gasteiger partial charge < -0.3 is 19.8 Å². The molecule has 2 amide bonds. The summed E-state index contributed by atoms with van der Waals surface area (Å²) in [6, 6.07) is -1.94. The molecule has 0 aromatic rings. The van der Waals surface area contributed by atoms with Crippen LogP contribution in [0.3, 0.4) is 0 Å². The molecule has 1 unspecified atom stereocenters. The van der Waals surface area contributed by atoms with Crippen LogP contribution in [-0.4, -0.2) is 69.0 Å². The lowest BCUT2D eigenvalue weighted by Gasteiger charge is -2.26. The van der Waals surface area contributed by atoms with E-state index >= 15 is 0 Å². The minimum absolute atomic E-state index is 0.0890. The van der Waals surface area contributed by atoms with E-state index in [-0.39, 0.29) is 13.2 Å². The summed E-state index contributed by atoms with van der Waals surface area (Å²) in [4.78, 5) is 48.2. The molecule has 0 bridgehead atoms. The van der Waals surface area contributed by atoms with Crippen LogP contribution in [-0.2, 0) is 39.7 Å². The molecule has 0 heterocycles. The zero-order valence-electron chi connectivity index (χ0n) is 12.9. The quantitative estimate of drug-likeness (QED) is 0.284. The van der Waals surface area contributed by atoms with Gasteiger partial charge in [0.2, 0.25) is 17.9 Å². The van der Waals surface area contributed by atoms with Crippen molar-refractivity contribution < 1.29 is 37.4 Å². The SMILES string of the molecule is CCOC(=O)C(C(=O)OCC)N(C(=O)CN)C(=O)CCS(=O)O. The van der Waals surface area contributed by atoms with Gasteiger partial charge in [-0.2, -0.15) is 0 Å². The third kappa shape index (κ3) is 6.84. The van der Waals surface area contributed by atoms with Crippen LogP contribution >= 0.6 is 0 Å². The molecular formula is C12H20N2O8S. The minimum atomic E-state index is -2.28. The number of ether oxygens (including phenoxy) is 2. The average Bonchev–Trinajstić information content (AvgIpc) is 2.49. The number of nitrogens with zero attached hydrogens (tertiary/aromatic N) is 1. The number of carbonyl (C=O) groups is 4. The number of carbonyl (C=O) groups excluding carboxylic acids is 4. The highest BCUT2D eigenvalue weighted by molar-refractivity contribution is 7.79. The molecule has 0 aromatic carbocycles. The lowest BCUT2D eigenvalue weighted by atomic mass is 10.2. The molecule has 0 aromatic heterocycles. The van der Waals surface area contributed by atoms with Crippen LogP contribution in [0.4, 0.5) is 0 Å². The van der Waals surface area contributed by atoms with E-state index in [0.29, 0.717) is 4.90 Å². The second-order valence-corrected chi connectivity index (χ2v) is 5.10. The third-order valence-electron chi connectivity index (χ3n) is 2.48. The van der Waals surface area contributed by atoms with Crippen molar-refractivity contribution in [1.82, 2.24) is 4.90 Å². The first kappa shape index (κ1) is 21.1. The first-order chi connectivity index (χ1) is 10.8. The molecule has 0 aliphatic carbocycles. The van der Waals surface area contributed by atoms with Gasteiger partial charge in [0.1, 0.15) is 0 Å². The predicted octanol–water partition coefficient (Wildman–Crippen LogP) is -1.59. The Balaban J connectivity index is 5.57. The van der Waals surface area contributed by atoms with Gasteiger partial charge in [0.25, 0.3) is 0 Å². The molecule has 11 heteroatoms. The van der Waals surface area contributed by atoms with Gasteiger partial charge in [0.15, 0.2) is 11.1 Å². The number of hydrogen-bond acceptors (Lipinski definition) is 8. The Hall–Kier alpha value is -1.85. The number of amides is 2. The maximum absolute atomic E-state index is 12.1. The van der Waals surface area contributed by atoms with Crippen molar-refractivity contribution in [3.05, 3.63) is 0 Å². The highest BCUT2D eigenvalue weighted by atomic mass is 32.2. The zero-order chi connectivity index (χ0) is 18.0. The van der Waals surface area contributed by atoms with Crippen molar-refractivity contribution in [3.63, 3.8) is 0 Å². The predicted molar refractivity (Wildman–Crippen MR) is 78.2 cm³/mol. The smallest absolute Gasteiger partial charge is 0.341 e. The van der Waals surface area contributed by atoms with Gasteiger partial charge in [0, 0.05) is 6.42 Å². The summed E-state index contributed by atoms with van der Waals surface area (Å²) in [5.41, 5.74) is 5.20. The summed E-state index contributed by atoms with van der Waals surface area (Å²) >= 11 is -2.28. The fourth-order valence-corrected chi connectivity index (χ4v) is 1.92. The van der Waals surface area contributed by atoms with E-state index in [9.17, 15) is 23.4 Å². The Morgan fingerprint density at radius 1 is 1.09 bits per heavy atom. The molecule has 0 fully saturated rings. The molecule has 0 rings (SSSR count). The van der Waals surface area contributed by atoms with Crippen LogP contribution in [0.25, 0.3) is 0 Å². The molecule has 1 atom stereocenters. The summed E-state index contributed by atoms with van der Waals surface area (Å²) in [6.07, 6.45) is -0.538. The molecule has 132 valence electrons. The molecule has 0 radical (unpaired) electrons. The van der Waals surface area contributed by atoms with E-state index in [2.05, 4.69) is 9.47 Å². The minimum Gasteiger partial charge on any atom is -0.464 e. The largest absolute Gasteiger partial charge is 0.464 e. The summed E-state index contributed by atoms with van der Waals surface area (Å²) in [6.45, 7) is 2.13. The maximum atomic E-state index is 12.1. The average molecular weight is 352 g/mol. The molecule has 0 spiro atoms. The highest BCUT2D eigenvalue weighted by Gasteiger charge is 2.41. The Bertz CT molecular complexity index is 464. The fourth-order valence-electron chi connectivity index (χ4n) is 1.57. The molecule has 0 aliphatic heterocycles. The molecular weight excluding hydrogens is 332 g/mol. The van der Waals surface area contributed by atoms with Crippen molar-refractivity contribution in [2.75, 3.05) is 25.5 Å². The van der Waals surface area contributed by atoms with Crippen LogP contribution in [0.5, 0.6) is 0 Å². The van der Waals surface area contributed by atoms with Crippen LogP contribution < -0.4 is 5.73 Å². The van der Waals surface area contributed by atoms with Crippen LogP contribution in [0, 0.1) is 0 Å². The van der Waals surface area contributed by atoms with E-state index in [1.54, 1.807) is 0 Å². The van der Waals surface area contributed by atoms with E-state index < -0.39 is 59.6 Å². The molecule has 10 nitrogen and oxygen atoms in total. The van der Waals surface area contributed by atoms with Gasteiger partial charge >= 0.3 is 11.9 Å². The summed E-state index contributed by atoms with van der Waals surface area (Å²) in [7, 11) is 0. The Labute approximate surface area is 135 Å². The number of imide groups is 1. The first-order valence-electron chi connectivity index (χ1n) is 6.75. The van der Waals surface area contributed by atoms with Crippen molar-refractivity contribution >= 4 is 34.8 Å². The van der Waals surface area contributed by atoms with Gasteiger partial charge in [-0.3, -0.25) is 14.5 Å². The molecule has 0 saturated carbocycles.